The maximum Gasteiger partial charge on any atom is 0.322 e. The van der Waals surface area contributed by atoms with Crippen molar-refractivity contribution in [1.29, 1.82) is 0 Å². The molecule has 1 aromatic heterocycles. The molecule has 0 fully saturated rings. The lowest BCUT2D eigenvalue weighted by atomic mass is 10.1. The summed E-state index contributed by atoms with van der Waals surface area (Å²) in [7, 11) is 0. The second-order valence-electron chi connectivity index (χ2n) is 5.29. The number of anilines is 1. The van der Waals surface area contributed by atoms with E-state index in [1.54, 1.807) is 66.9 Å². The van der Waals surface area contributed by atoms with Gasteiger partial charge in [0.05, 0.1) is 6.20 Å². The van der Waals surface area contributed by atoms with E-state index >= 15 is 0 Å². The Morgan fingerprint density at radius 3 is 2.38 bits per heavy atom. The number of hydrogen-bond donors (Lipinski definition) is 1. The van der Waals surface area contributed by atoms with Gasteiger partial charge in [-0.2, -0.15) is 0 Å². The predicted molar refractivity (Wildman–Crippen MR) is 102 cm³/mol. The van der Waals surface area contributed by atoms with Crippen LogP contribution in [0, 0.1) is 0 Å². The Balaban J connectivity index is 2.03. The first kappa shape index (κ1) is 18.1. The molecule has 0 saturated heterocycles. The minimum Gasteiger partial charge on any atom is -0.867 e. The maximum atomic E-state index is 12.9. The molecule has 0 radical (unpaired) electrons. The molecule has 0 unspecified atom stereocenters. The third-order valence-electron chi connectivity index (χ3n) is 3.48. The molecule has 7 heteroatoms. The predicted octanol–water partition coefficient (Wildman–Crippen LogP) is 3.11. The first-order chi connectivity index (χ1) is 12.5. The van der Waals surface area contributed by atoms with Crippen LogP contribution in [-0.4, -0.2) is 11.0 Å². The Morgan fingerprint density at radius 1 is 1.08 bits per heavy atom. The summed E-state index contributed by atoms with van der Waals surface area (Å²) in [5.74, 6) is -1.00. The van der Waals surface area contributed by atoms with Crippen LogP contribution in [-0.2, 0) is 4.79 Å². The molecule has 1 heterocycles. The van der Waals surface area contributed by atoms with E-state index in [1.807, 2.05) is 0 Å². The molecule has 5 nitrogen and oxygen atoms in total. The van der Waals surface area contributed by atoms with Crippen LogP contribution in [0.5, 0.6) is 0 Å². The van der Waals surface area contributed by atoms with E-state index in [0.717, 1.165) is 4.47 Å². The van der Waals surface area contributed by atoms with Crippen LogP contribution in [0.15, 0.2) is 77.5 Å². The van der Waals surface area contributed by atoms with E-state index in [0.29, 0.717) is 16.3 Å². The molecule has 3 rings (SSSR count). The van der Waals surface area contributed by atoms with Crippen LogP contribution in [0.2, 0.25) is 5.02 Å². The zero-order valence-corrected chi connectivity index (χ0v) is 15.7. The second-order valence-corrected chi connectivity index (χ2v) is 6.64. The third kappa shape index (κ3) is 4.28. The van der Waals surface area contributed by atoms with Crippen molar-refractivity contribution in [2.45, 2.75) is 0 Å². The van der Waals surface area contributed by atoms with Gasteiger partial charge in [-0.3, -0.25) is 4.79 Å². The summed E-state index contributed by atoms with van der Waals surface area (Å²) in [5.41, 5.74) is 0.799. The number of benzene rings is 2. The highest BCUT2D eigenvalue weighted by Gasteiger charge is 2.24. The van der Waals surface area contributed by atoms with Crippen molar-refractivity contribution in [3.05, 3.63) is 88.1 Å². The summed E-state index contributed by atoms with van der Waals surface area (Å²) in [6, 6.07) is 16.8. The standard InChI is InChI=1S/C19H13BrClN3O2/c20-14-5-3-13(4-6-14)18(25)17(24-12-2-1-11-22-24)19(26)23-16-9-7-15(21)8-10-16/h1-12H,(H-,22,23,25,26). The Labute approximate surface area is 163 Å². The lowest BCUT2D eigenvalue weighted by molar-refractivity contribution is -0.643. The summed E-state index contributed by atoms with van der Waals surface area (Å²) < 4.78 is 2.10. The van der Waals surface area contributed by atoms with Crippen LogP contribution >= 0.6 is 27.5 Å². The molecule has 0 bridgehead atoms. The van der Waals surface area contributed by atoms with Crippen LogP contribution in [0.1, 0.15) is 5.56 Å². The fourth-order valence-electron chi connectivity index (χ4n) is 2.23. The number of carbonyl (C=O) groups excluding carboxylic acids is 1. The average Bonchev–Trinajstić information content (AvgIpc) is 2.65. The van der Waals surface area contributed by atoms with Gasteiger partial charge in [0.15, 0.2) is 0 Å². The molecule has 130 valence electrons. The minimum absolute atomic E-state index is 0.108. The van der Waals surface area contributed by atoms with Crippen molar-refractivity contribution < 1.29 is 14.6 Å². The normalized spacial score (nSPS) is 11.6. The van der Waals surface area contributed by atoms with Crippen LogP contribution < -0.4 is 15.1 Å². The van der Waals surface area contributed by atoms with Crippen LogP contribution in [0.25, 0.3) is 11.5 Å². The fourth-order valence-corrected chi connectivity index (χ4v) is 2.62. The van der Waals surface area contributed by atoms with Gasteiger partial charge < -0.3 is 10.4 Å². The maximum absolute atomic E-state index is 12.9. The van der Waals surface area contributed by atoms with E-state index in [9.17, 15) is 9.90 Å². The zero-order chi connectivity index (χ0) is 18.5. The Morgan fingerprint density at radius 2 is 1.77 bits per heavy atom. The molecule has 3 aromatic rings. The molecule has 0 aliphatic carbocycles. The summed E-state index contributed by atoms with van der Waals surface area (Å²) in [5, 5.41) is 20.3. The summed E-state index contributed by atoms with van der Waals surface area (Å²) in [6.45, 7) is 0. The van der Waals surface area contributed by atoms with E-state index in [4.69, 9.17) is 11.6 Å². The lowest BCUT2D eigenvalue weighted by Crippen LogP contribution is -2.43. The monoisotopic (exact) mass is 429 g/mol. The second kappa shape index (κ2) is 8.12. The number of aromatic nitrogens is 2. The first-order valence-corrected chi connectivity index (χ1v) is 8.79. The largest absolute Gasteiger partial charge is 0.867 e. The summed E-state index contributed by atoms with van der Waals surface area (Å²) in [6.07, 6.45) is 3.05. The average molecular weight is 431 g/mol. The summed E-state index contributed by atoms with van der Waals surface area (Å²) >= 11 is 9.19. The molecule has 0 aliphatic rings. The number of rotatable bonds is 4. The number of amides is 1. The van der Waals surface area contributed by atoms with Crippen molar-refractivity contribution in [1.82, 2.24) is 5.10 Å². The van der Waals surface area contributed by atoms with E-state index in [-0.39, 0.29) is 5.70 Å². The number of hydrogen-bond acceptors (Lipinski definition) is 3. The lowest BCUT2D eigenvalue weighted by Gasteiger charge is -2.14. The first-order valence-electron chi connectivity index (χ1n) is 7.62. The molecule has 1 N–H and O–H groups in total. The van der Waals surface area contributed by atoms with E-state index < -0.39 is 11.7 Å². The minimum atomic E-state index is -0.566. The Bertz CT molecular complexity index is 943. The van der Waals surface area contributed by atoms with Gasteiger partial charge >= 0.3 is 5.91 Å². The van der Waals surface area contributed by atoms with E-state index in [2.05, 4.69) is 26.3 Å². The van der Waals surface area contributed by atoms with Crippen molar-refractivity contribution in [2.24, 2.45) is 0 Å². The Kier molecular flexibility index (Phi) is 5.65. The molecular weight excluding hydrogens is 418 g/mol. The van der Waals surface area contributed by atoms with Gasteiger partial charge in [-0.05, 0) is 63.6 Å². The van der Waals surface area contributed by atoms with Gasteiger partial charge in [0.25, 0.3) is 5.70 Å². The van der Waals surface area contributed by atoms with Crippen molar-refractivity contribution in [3.8, 4) is 0 Å². The molecule has 0 saturated carbocycles. The van der Waals surface area contributed by atoms with Crippen molar-refractivity contribution >= 4 is 50.6 Å². The van der Waals surface area contributed by atoms with Crippen LogP contribution in [0.3, 0.4) is 0 Å². The van der Waals surface area contributed by atoms with Gasteiger partial charge in [0.2, 0.25) is 6.20 Å². The molecule has 26 heavy (non-hydrogen) atoms. The molecule has 2 aromatic carbocycles. The molecule has 0 aliphatic heterocycles. The highest BCUT2D eigenvalue weighted by molar-refractivity contribution is 9.10. The molecule has 0 atom stereocenters. The number of nitrogens with zero attached hydrogens (tertiary/aromatic N) is 2. The van der Waals surface area contributed by atoms with Crippen molar-refractivity contribution in [2.75, 3.05) is 5.32 Å². The van der Waals surface area contributed by atoms with Crippen LogP contribution in [0.4, 0.5) is 5.69 Å². The zero-order valence-electron chi connectivity index (χ0n) is 13.4. The van der Waals surface area contributed by atoms with Gasteiger partial charge in [0, 0.05) is 21.2 Å². The highest BCUT2D eigenvalue weighted by atomic mass is 79.9. The quantitative estimate of drug-likeness (QED) is 0.393. The van der Waals surface area contributed by atoms with Gasteiger partial charge in [0.1, 0.15) is 0 Å². The third-order valence-corrected chi connectivity index (χ3v) is 4.26. The van der Waals surface area contributed by atoms with Gasteiger partial charge in [-0.15, -0.1) is 0 Å². The smallest absolute Gasteiger partial charge is 0.322 e. The van der Waals surface area contributed by atoms with Crippen molar-refractivity contribution in [3.63, 3.8) is 0 Å². The summed E-state index contributed by atoms with van der Waals surface area (Å²) in [4.78, 5) is 12.8. The highest BCUT2D eigenvalue weighted by Crippen LogP contribution is 2.19. The topological polar surface area (TPSA) is 68.9 Å². The molecule has 1 amide bonds. The molecular formula is C19H13BrClN3O2. The van der Waals surface area contributed by atoms with Gasteiger partial charge in [-0.25, -0.2) is 0 Å². The van der Waals surface area contributed by atoms with Gasteiger partial charge in [-0.1, -0.05) is 39.7 Å². The number of nitrogens with one attached hydrogen (secondary N) is 1. The fraction of sp³-hybridized carbons (Fsp3) is 0. The Hall–Kier alpha value is -2.70. The molecule has 0 spiro atoms. The number of carbonyl (C=O) groups is 1. The van der Waals surface area contributed by atoms with E-state index in [1.165, 1.54) is 10.9 Å². The SMILES string of the molecule is O=C(Nc1ccc(Cl)cc1)/C(=C(\[O-])c1ccc(Br)cc1)[n+]1ccccn1. The number of halogens is 2.